The van der Waals surface area contributed by atoms with Crippen molar-refractivity contribution in [1.82, 2.24) is 5.32 Å². The van der Waals surface area contributed by atoms with E-state index in [4.69, 9.17) is 11.5 Å². The molecule has 0 aromatic carbocycles. The van der Waals surface area contributed by atoms with E-state index in [0.29, 0.717) is 6.54 Å². The minimum absolute atomic E-state index is 0.109. The molecule has 0 heterocycles. The van der Waals surface area contributed by atoms with Crippen LogP contribution in [0.1, 0.15) is 38.5 Å². The van der Waals surface area contributed by atoms with Gasteiger partial charge in [-0.2, -0.15) is 0 Å². The van der Waals surface area contributed by atoms with E-state index in [9.17, 15) is 9.59 Å². The maximum absolute atomic E-state index is 11.0. The average molecular weight is 223 g/mol. The lowest BCUT2D eigenvalue weighted by molar-refractivity contribution is -0.140. The highest BCUT2D eigenvalue weighted by Gasteiger charge is 2.34. The predicted molar refractivity (Wildman–Crippen MR) is 59.6 cm³/mol. The van der Waals surface area contributed by atoms with Gasteiger partial charge >= 0.3 is 5.97 Å². The summed E-state index contributed by atoms with van der Waals surface area (Å²) in [7, 11) is 0. The maximum Gasteiger partial charge on any atom is 0.303 e. The first-order valence-corrected chi connectivity index (χ1v) is 5.54. The summed E-state index contributed by atoms with van der Waals surface area (Å²) >= 11 is 0. The van der Waals surface area contributed by atoms with Crippen LogP contribution in [0.3, 0.4) is 0 Å². The molecule has 4 nitrogen and oxygen atoms in total. The molecule has 1 rings (SSSR count). The molecule has 0 radical (unpaired) electrons. The van der Waals surface area contributed by atoms with Gasteiger partial charge in [-0.25, -0.2) is 0 Å². The summed E-state index contributed by atoms with van der Waals surface area (Å²) in [5.41, 5.74) is -0.295. The number of carbonyl (C=O) groups is 2. The molecule has 1 aliphatic rings. The molecule has 1 saturated carbocycles. The number of hydrogen-bond acceptors (Lipinski definition) is 2. The molecule has 0 unspecified atom stereocenters. The maximum atomic E-state index is 11.0. The highest BCUT2D eigenvalue weighted by Crippen LogP contribution is 2.38. The minimum atomic E-state index is -0.808. The number of hydrogen-bond donors (Lipinski definition) is 2. The van der Waals surface area contributed by atoms with Crippen molar-refractivity contribution in [2.45, 2.75) is 38.5 Å². The van der Waals surface area contributed by atoms with Crippen LogP contribution in [0.25, 0.3) is 0 Å². The summed E-state index contributed by atoms with van der Waals surface area (Å²) in [5.74, 6) is 0.706. The molecule has 16 heavy (non-hydrogen) atoms. The third kappa shape index (κ3) is 3.58. The second-order valence-corrected chi connectivity index (χ2v) is 4.46. The molecule has 0 aromatic rings. The Morgan fingerprint density at radius 1 is 1.31 bits per heavy atom. The molecular formula is C12H17NO3. The SMILES string of the molecule is C#CC(=O)NCC1(CC(=O)O)CCCCC1. The molecule has 1 fully saturated rings. The zero-order chi connectivity index (χ0) is 12.0. The van der Waals surface area contributed by atoms with Gasteiger partial charge in [0.2, 0.25) is 0 Å². The van der Waals surface area contributed by atoms with E-state index in [0.717, 1.165) is 32.1 Å². The second kappa shape index (κ2) is 5.55. The lowest BCUT2D eigenvalue weighted by atomic mass is 9.71. The summed E-state index contributed by atoms with van der Waals surface area (Å²) < 4.78 is 0. The largest absolute Gasteiger partial charge is 0.481 e. The predicted octanol–water partition coefficient (Wildman–Crippen LogP) is 1.16. The van der Waals surface area contributed by atoms with Gasteiger partial charge in [0, 0.05) is 6.54 Å². The summed E-state index contributed by atoms with van der Waals surface area (Å²) in [6.07, 6.45) is 9.96. The molecule has 0 saturated heterocycles. The van der Waals surface area contributed by atoms with Crippen LogP contribution in [0.2, 0.25) is 0 Å². The van der Waals surface area contributed by atoms with Crippen molar-refractivity contribution < 1.29 is 14.7 Å². The van der Waals surface area contributed by atoms with Crippen LogP contribution in [0.4, 0.5) is 0 Å². The summed E-state index contributed by atoms with van der Waals surface area (Å²) in [6, 6.07) is 0. The monoisotopic (exact) mass is 223 g/mol. The Labute approximate surface area is 95.4 Å². The van der Waals surface area contributed by atoms with Gasteiger partial charge in [-0.3, -0.25) is 9.59 Å². The first kappa shape index (κ1) is 12.6. The Morgan fingerprint density at radius 3 is 2.44 bits per heavy atom. The van der Waals surface area contributed by atoms with Crippen molar-refractivity contribution >= 4 is 11.9 Å². The van der Waals surface area contributed by atoms with Gasteiger partial charge in [0.05, 0.1) is 6.42 Å². The van der Waals surface area contributed by atoms with Crippen LogP contribution in [0, 0.1) is 17.8 Å². The van der Waals surface area contributed by atoms with Crippen molar-refractivity contribution in [1.29, 1.82) is 0 Å². The van der Waals surface area contributed by atoms with Crippen LogP contribution in [0.5, 0.6) is 0 Å². The average Bonchev–Trinajstić information content (AvgIpc) is 2.26. The van der Waals surface area contributed by atoms with Crippen molar-refractivity contribution in [2.24, 2.45) is 5.41 Å². The van der Waals surface area contributed by atoms with Gasteiger partial charge in [-0.15, -0.1) is 6.42 Å². The van der Waals surface area contributed by atoms with Crippen molar-refractivity contribution in [3.8, 4) is 12.3 Å². The standard InChI is InChI=1S/C12H17NO3/c1-2-10(14)13-9-12(8-11(15)16)6-4-3-5-7-12/h1H,3-9H2,(H,13,14)(H,15,16). The van der Waals surface area contributed by atoms with E-state index < -0.39 is 11.9 Å². The zero-order valence-electron chi connectivity index (χ0n) is 9.29. The number of nitrogens with one attached hydrogen (secondary N) is 1. The van der Waals surface area contributed by atoms with E-state index in [-0.39, 0.29) is 11.8 Å². The van der Waals surface area contributed by atoms with E-state index in [1.54, 1.807) is 0 Å². The van der Waals surface area contributed by atoms with Gasteiger partial charge < -0.3 is 10.4 Å². The van der Waals surface area contributed by atoms with E-state index in [1.165, 1.54) is 0 Å². The molecule has 1 aliphatic carbocycles. The second-order valence-electron chi connectivity index (χ2n) is 4.46. The molecule has 1 amide bonds. The highest BCUT2D eigenvalue weighted by molar-refractivity contribution is 5.92. The number of amides is 1. The molecule has 0 bridgehead atoms. The van der Waals surface area contributed by atoms with Gasteiger partial charge in [0.1, 0.15) is 0 Å². The highest BCUT2D eigenvalue weighted by atomic mass is 16.4. The number of carboxylic acids is 1. The van der Waals surface area contributed by atoms with Crippen molar-refractivity contribution in [3.05, 3.63) is 0 Å². The van der Waals surface area contributed by atoms with Crippen LogP contribution in [-0.2, 0) is 9.59 Å². The fourth-order valence-corrected chi connectivity index (χ4v) is 2.36. The Bertz CT molecular complexity index is 311. The van der Waals surface area contributed by atoms with Gasteiger partial charge in [-0.1, -0.05) is 19.3 Å². The van der Waals surface area contributed by atoms with Crippen LogP contribution in [-0.4, -0.2) is 23.5 Å². The lowest BCUT2D eigenvalue weighted by Gasteiger charge is -2.35. The molecule has 0 aliphatic heterocycles. The quantitative estimate of drug-likeness (QED) is 0.703. The number of carboxylic acid groups (broad SMARTS) is 1. The van der Waals surface area contributed by atoms with Crippen LogP contribution < -0.4 is 5.32 Å². The van der Waals surface area contributed by atoms with Crippen LogP contribution >= 0.6 is 0 Å². The Morgan fingerprint density at radius 2 is 1.94 bits per heavy atom. The lowest BCUT2D eigenvalue weighted by Crippen LogP contribution is -2.40. The molecule has 4 heteroatoms. The smallest absolute Gasteiger partial charge is 0.303 e. The Hall–Kier alpha value is -1.50. The first-order valence-electron chi connectivity index (χ1n) is 5.54. The summed E-state index contributed by atoms with van der Waals surface area (Å²) in [5, 5.41) is 11.5. The molecule has 0 aromatic heterocycles. The van der Waals surface area contributed by atoms with Crippen LogP contribution in [0.15, 0.2) is 0 Å². The number of carbonyl (C=O) groups excluding carboxylic acids is 1. The summed E-state index contributed by atoms with van der Waals surface area (Å²) in [4.78, 5) is 21.8. The van der Waals surface area contributed by atoms with Gasteiger partial charge in [0.15, 0.2) is 0 Å². The third-order valence-corrected chi connectivity index (χ3v) is 3.20. The Kier molecular flexibility index (Phi) is 4.36. The first-order chi connectivity index (χ1) is 7.58. The van der Waals surface area contributed by atoms with Crippen molar-refractivity contribution in [3.63, 3.8) is 0 Å². The third-order valence-electron chi connectivity index (χ3n) is 3.20. The van der Waals surface area contributed by atoms with E-state index in [2.05, 4.69) is 5.32 Å². The normalized spacial score (nSPS) is 18.4. The molecule has 88 valence electrons. The molecule has 2 N–H and O–H groups in total. The molecule has 0 atom stereocenters. The number of aliphatic carboxylic acids is 1. The Balaban J connectivity index is 2.59. The van der Waals surface area contributed by atoms with Crippen molar-refractivity contribution in [2.75, 3.05) is 6.54 Å². The topological polar surface area (TPSA) is 66.4 Å². The van der Waals surface area contributed by atoms with E-state index >= 15 is 0 Å². The fraction of sp³-hybridized carbons (Fsp3) is 0.667. The minimum Gasteiger partial charge on any atom is -0.481 e. The molecule has 0 spiro atoms. The fourth-order valence-electron chi connectivity index (χ4n) is 2.36. The van der Waals surface area contributed by atoms with Gasteiger partial charge in [-0.05, 0) is 24.2 Å². The summed E-state index contributed by atoms with van der Waals surface area (Å²) in [6.45, 7) is 0.377. The molecular weight excluding hydrogens is 206 g/mol. The number of rotatable bonds is 4. The van der Waals surface area contributed by atoms with E-state index in [1.807, 2.05) is 5.92 Å². The zero-order valence-corrected chi connectivity index (χ0v) is 9.29. The number of terminal acetylenes is 1. The van der Waals surface area contributed by atoms with Gasteiger partial charge in [0.25, 0.3) is 5.91 Å².